The first-order valence-corrected chi connectivity index (χ1v) is 7.60. The van der Waals surface area contributed by atoms with E-state index in [1.807, 2.05) is 0 Å². The molecular formula is C16H29N2+. The Balaban J connectivity index is 2.34. The number of rotatable bonds is 3. The summed E-state index contributed by atoms with van der Waals surface area (Å²) < 4.78 is 2.67. The standard InChI is InChI=1S/C16H29N2/c1-12(2)16-17(15-9-7-6-8-10-15)11-14(5)18(16)13(3)4/h7,9,12-15H,6,8,10-11H2,1-5H3/q+1/t14-,15-/m0/s1. The highest BCUT2D eigenvalue weighted by Crippen LogP contribution is 2.24. The molecule has 0 unspecified atom stereocenters. The van der Waals surface area contributed by atoms with Crippen LogP contribution in [-0.4, -0.2) is 40.0 Å². The molecule has 2 atom stereocenters. The van der Waals surface area contributed by atoms with E-state index in [1.165, 1.54) is 25.8 Å². The summed E-state index contributed by atoms with van der Waals surface area (Å²) in [6, 6.07) is 1.90. The summed E-state index contributed by atoms with van der Waals surface area (Å²) >= 11 is 0. The van der Waals surface area contributed by atoms with Crippen LogP contribution < -0.4 is 0 Å². The van der Waals surface area contributed by atoms with Gasteiger partial charge in [0, 0.05) is 0 Å². The van der Waals surface area contributed by atoms with Gasteiger partial charge in [0.05, 0.1) is 12.0 Å². The molecule has 0 radical (unpaired) electrons. The smallest absolute Gasteiger partial charge is 0.250 e. The quantitative estimate of drug-likeness (QED) is 0.549. The molecule has 2 rings (SSSR count). The van der Waals surface area contributed by atoms with E-state index in [1.54, 1.807) is 5.84 Å². The topological polar surface area (TPSA) is 6.25 Å². The molecule has 0 spiro atoms. The molecule has 0 aromatic heterocycles. The van der Waals surface area contributed by atoms with Crippen molar-refractivity contribution in [2.75, 3.05) is 6.54 Å². The van der Waals surface area contributed by atoms with Crippen LogP contribution in [0.2, 0.25) is 0 Å². The summed E-state index contributed by atoms with van der Waals surface area (Å²) in [5.41, 5.74) is 0. The highest BCUT2D eigenvalue weighted by atomic mass is 15.3. The summed E-state index contributed by atoms with van der Waals surface area (Å²) in [7, 11) is 0. The summed E-state index contributed by atoms with van der Waals surface area (Å²) in [6.45, 7) is 12.9. The van der Waals surface area contributed by atoms with Crippen LogP contribution in [0.5, 0.6) is 0 Å². The minimum Gasteiger partial charge on any atom is -0.257 e. The molecule has 2 nitrogen and oxygen atoms in total. The van der Waals surface area contributed by atoms with Crippen LogP contribution >= 0.6 is 0 Å². The first-order chi connectivity index (χ1) is 8.52. The average Bonchev–Trinajstić information content (AvgIpc) is 2.68. The second-order valence-corrected chi connectivity index (χ2v) is 6.44. The predicted octanol–water partition coefficient (Wildman–Crippen LogP) is 3.27. The van der Waals surface area contributed by atoms with Crippen molar-refractivity contribution in [3.05, 3.63) is 12.2 Å². The van der Waals surface area contributed by atoms with Gasteiger partial charge >= 0.3 is 0 Å². The summed E-state index contributed by atoms with van der Waals surface area (Å²) in [4.78, 5) is 2.63. The number of nitrogens with zero attached hydrogens (tertiary/aromatic N) is 2. The predicted molar refractivity (Wildman–Crippen MR) is 78.2 cm³/mol. The lowest BCUT2D eigenvalue weighted by Gasteiger charge is -2.24. The molecule has 0 aromatic carbocycles. The van der Waals surface area contributed by atoms with Gasteiger partial charge < -0.3 is 0 Å². The zero-order valence-electron chi connectivity index (χ0n) is 12.7. The molecule has 1 heterocycles. The van der Waals surface area contributed by atoms with Crippen molar-refractivity contribution in [3.63, 3.8) is 0 Å². The molecule has 0 saturated heterocycles. The van der Waals surface area contributed by atoms with Gasteiger partial charge in [0.15, 0.2) is 0 Å². The third-order valence-electron chi connectivity index (χ3n) is 4.20. The Morgan fingerprint density at radius 3 is 2.50 bits per heavy atom. The van der Waals surface area contributed by atoms with Crippen molar-refractivity contribution < 1.29 is 4.58 Å². The van der Waals surface area contributed by atoms with Crippen molar-refractivity contribution in [1.29, 1.82) is 0 Å². The fraction of sp³-hybridized carbons (Fsp3) is 0.812. The Morgan fingerprint density at radius 2 is 2.00 bits per heavy atom. The van der Waals surface area contributed by atoms with Gasteiger partial charge in [-0.1, -0.05) is 19.9 Å². The Bertz CT molecular complexity index is 352. The van der Waals surface area contributed by atoms with E-state index in [0.717, 1.165) is 0 Å². The van der Waals surface area contributed by atoms with Crippen LogP contribution in [0.4, 0.5) is 0 Å². The van der Waals surface area contributed by atoms with Crippen LogP contribution in [-0.2, 0) is 0 Å². The van der Waals surface area contributed by atoms with E-state index < -0.39 is 0 Å². The van der Waals surface area contributed by atoms with E-state index in [4.69, 9.17) is 0 Å². The van der Waals surface area contributed by atoms with Crippen molar-refractivity contribution in [3.8, 4) is 0 Å². The van der Waals surface area contributed by atoms with Gasteiger partial charge in [-0.25, -0.2) is 0 Å². The average molecular weight is 249 g/mol. The molecule has 0 N–H and O–H groups in total. The maximum absolute atomic E-state index is 2.67. The van der Waals surface area contributed by atoms with Gasteiger partial charge in [0.2, 0.25) is 0 Å². The third-order valence-corrected chi connectivity index (χ3v) is 4.20. The van der Waals surface area contributed by atoms with Gasteiger partial charge in [-0.15, -0.1) is 0 Å². The van der Waals surface area contributed by atoms with Crippen molar-refractivity contribution in [1.82, 2.24) is 4.90 Å². The lowest BCUT2D eigenvalue weighted by atomic mass is 10.0. The lowest BCUT2D eigenvalue weighted by molar-refractivity contribution is -0.551. The summed E-state index contributed by atoms with van der Waals surface area (Å²) in [5, 5.41) is 0. The highest BCUT2D eigenvalue weighted by molar-refractivity contribution is 5.81. The Kier molecular flexibility index (Phi) is 4.14. The van der Waals surface area contributed by atoms with Crippen molar-refractivity contribution >= 4 is 5.84 Å². The molecule has 18 heavy (non-hydrogen) atoms. The SMILES string of the molecule is CC(C)C1=[N+]([C@H]2C=CCCC2)C[C@H](C)N1C(C)C. The monoisotopic (exact) mass is 249 g/mol. The third kappa shape index (κ3) is 2.48. The van der Waals surface area contributed by atoms with Crippen LogP contribution in [0.25, 0.3) is 0 Å². The maximum Gasteiger partial charge on any atom is 0.250 e. The van der Waals surface area contributed by atoms with Gasteiger partial charge in [0.1, 0.15) is 18.6 Å². The lowest BCUT2D eigenvalue weighted by Crippen LogP contribution is -2.43. The molecule has 0 fully saturated rings. The minimum absolute atomic E-state index is 0.606. The first kappa shape index (κ1) is 13.6. The fourth-order valence-electron chi connectivity index (χ4n) is 3.60. The number of allylic oxidation sites excluding steroid dienone is 1. The zero-order chi connectivity index (χ0) is 13.3. The Hall–Kier alpha value is -0.790. The van der Waals surface area contributed by atoms with Crippen LogP contribution in [0.15, 0.2) is 12.2 Å². The number of amidine groups is 1. The summed E-state index contributed by atoms with van der Waals surface area (Å²) in [6.07, 6.45) is 8.74. The van der Waals surface area contributed by atoms with E-state index in [9.17, 15) is 0 Å². The molecule has 0 aromatic rings. The second-order valence-electron chi connectivity index (χ2n) is 6.44. The van der Waals surface area contributed by atoms with Gasteiger partial charge in [0.25, 0.3) is 5.84 Å². The van der Waals surface area contributed by atoms with Crippen molar-refractivity contribution in [2.24, 2.45) is 5.92 Å². The van der Waals surface area contributed by atoms with E-state index in [-0.39, 0.29) is 0 Å². The van der Waals surface area contributed by atoms with Gasteiger partial charge in [-0.3, -0.25) is 9.48 Å². The molecule has 0 saturated carbocycles. The first-order valence-electron chi connectivity index (χ1n) is 7.60. The summed E-state index contributed by atoms with van der Waals surface area (Å²) in [5.74, 6) is 2.18. The van der Waals surface area contributed by atoms with Crippen LogP contribution in [0, 0.1) is 5.92 Å². The van der Waals surface area contributed by atoms with Gasteiger partial charge in [-0.2, -0.15) is 0 Å². The van der Waals surface area contributed by atoms with E-state index in [0.29, 0.717) is 24.0 Å². The Morgan fingerprint density at radius 1 is 1.28 bits per heavy atom. The van der Waals surface area contributed by atoms with E-state index >= 15 is 0 Å². The normalized spacial score (nSPS) is 28.9. The van der Waals surface area contributed by atoms with Crippen molar-refractivity contribution in [2.45, 2.75) is 72.0 Å². The Labute approximate surface area is 112 Å². The fourth-order valence-corrected chi connectivity index (χ4v) is 3.60. The highest BCUT2D eigenvalue weighted by Gasteiger charge is 2.42. The molecule has 1 aliphatic carbocycles. The van der Waals surface area contributed by atoms with Crippen LogP contribution in [0.3, 0.4) is 0 Å². The van der Waals surface area contributed by atoms with Gasteiger partial charge in [-0.05, 0) is 46.1 Å². The molecule has 0 amide bonds. The number of hydrogen-bond donors (Lipinski definition) is 0. The largest absolute Gasteiger partial charge is 0.257 e. The molecule has 102 valence electrons. The second kappa shape index (κ2) is 5.46. The zero-order valence-corrected chi connectivity index (χ0v) is 12.7. The minimum atomic E-state index is 0.606. The van der Waals surface area contributed by atoms with Crippen LogP contribution in [0.1, 0.15) is 53.9 Å². The molecular weight excluding hydrogens is 220 g/mol. The number of hydrogen-bond acceptors (Lipinski definition) is 1. The maximum atomic E-state index is 2.67. The molecule has 2 heteroatoms. The molecule has 0 bridgehead atoms. The molecule has 2 aliphatic rings. The van der Waals surface area contributed by atoms with E-state index in [2.05, 4.69) is 56.2 Å². The molecule has 1 aliphatic heterocycles.